The number of hydrazine groups is 1. The molecule has 4 rings (SSSR count). The van der Waals surface area contributed by atoms with Crippen molar-refractivity contribution in [2.75, 3.05) is 13.1 Å². The summed E-state index contributed by atoms with van der Waals surface area (Å²) in [4.78, 5) is 28.9. The summed E-state index contributed by atoms with van der Waals surface area (Å²) in [5.74, 6) is -3.46. The lowest BCUT2D eigenvalue weighted by atomic mass is 9.99. The Morgan fingerprint density at radius 1 is 1.06 bits per heavy atom. The first-order chi connectivity index (χ1) is 17.0. The van der Waals surface area contributed by atoms with E-state index in [0.29, 0.717) is 42.0 Å². The second kappa shape index (κ2) is 10.6. The van der Waals surface area contributed by atoms with Gasteiger partial charge in [-0.05, 0) is 49.6 Å². The molecule has 2 heterocycles. The molecule has 13 heteroatoms. The van der Waals surface area contributed by atoms with Crippen molar-refractivity contribution in [3.63, 3.8) is 0 Å². The molecular formula is C23H21ClF2N4O4S2. The number of nitrogens with one attached hydrogen (secondary N) is 2. The Morgan fingerprint density at radius 2 is 1.69 bits per heavy atom. The van der Waals surface area contributed by atoms with Crippen LogP contribution in [-0.4, -0.2) is 42.6 Å². The van der Waals surface area contributed by atoms with E-state index >= 15 is 0 Å². The van der Waals surface area contributed by atoms with Crippen LogP contribution >= 0.6 is 22.9 Å². The molecule has 0 radical (unpaired) electrons. The number of aromatic nitrogens is 1. The highest BCUT2D eigenvalue weighted by Gasteiger charge is 2.31. The number of rotatable bonds is 5. The number of nitrogens with zero attached hydrogens (tertiary/aromatic N) is 2. The molecule has 1 aliphatic rings. The lowest BCUT2D eigenvalue weighted by Crippen LogP contribution is -2.41. The number of thiazole rings is 1. The van der Waals surface area contributed by atoms with Gasteiger partial charge in [-0.1, -0.05) is 17.7 Å². The Morgan fingerprint density at radius 3 is 2.33 bits per heavy atom. The number of carbonyl (C=O) groups excluding carboxylic acids is 2. The Bertz CT molecular complexity index is 1400. The number of hydrogen-bond donors (Lipinski definition) is 2. The van der Waals surface area contributed by atoms with Crippen molar-refractivity contribution >= 4 is 44.8 Å². The van der Waals surface area contributed by atoms with Crippen molar-refractivity contribution in [3.05, 3.63) is 80.3 Å². The molecule has 3 aromatic rings. The Hall–Kier alpha value is -2.93. The van der Waals surface area contributed by atoms with Crippen LogP contribution in [-0.2, 0) is 10.0 Å². The number of carbonyl (C=O) groups is 2. The first kappa shape index (κ1) is 26.1. The summed E-state index contributed by atoms with van der Waals surface area (Å²) < 4.78 is 53.9. The first-order valence-corrected chi connectivity index (χ1v) is 13.5. The number of piperidine rings is 1. The summed E-state index contributed by atoms with van der Waals surface area (Å²) in [6.45, 7) is 2.38. The lowest BCUT2D eigenvalue weighted by Gasteiger charge is -2.30. The van der Waals surface area contributed by atoms with Gasteiger partial charge in [0.2, 0.25) is 10.0 Å². The van der Waals surface area contributed by atoms with Gasteiger partial charge >= 0.3 is 0 Å². The summed E-state index contributed by atoms with van der Waals surface area (Å²) >= 11 is 7.36. The van der Waals surface area contributed by atoms with Crippen molar-refractivity contribution in [2.24, 2.45) is 0 Å². The van der Waals surface area contributed by atoms with Gasteiger partial charge in [0.25, 0.3) is 11.8 Å². The van der Waals surface area contributed by atoms with Crippen LogP contribution in [0.15, 0.2) is 46.7 Å². The number of sulfonamides is 1. The Balaban J connectivity index is 1.34. The maximum Gasteiger partial charge on any atom is 0.289 e. The van der Waals surface area contributed by atoms with Gasteiger partial charge in [0.1, 0.15) is 17.3 Å². The minimum absolute atomic E-state index is 0.0329. The van der Waals surface area contributed by atoms with Gasteiger partial charge in [-0.3, -0.25) is 20.4 Å². The summed E-state index contributed by atoms with van der Waals surface area (Å²) in [6, 6.07) is 6.97. The third-order valence-electron chi connectivity index (χ3n) is 5.75. The molecule has 0 bridgehead atoms. The van der Waals surface area contributed by atoms with E-state index in [9.17, 15) is 26.8 Å². The van der Waals surface area contributed by atoms with E-state index in [1.807, 2.05) is 0 Å². The summed E-state index contributed by atoms with van der Waals surface area (Å²) in [6.07, 6.45) is 1.05. The molecule has 8 nitrogen and oxygen atoms in total. The predicted octanol–water partition coefficient (Wildman–Crippen LogP) is 4.03. The van der Waals surface area contributed by atoms with Crippen LogP contribution in [0.2, 0.25) is 5.02 Å². The van der Waals surface area contributed by atoms with Crippen molar-refractivity contribution < 1.29 is 26.8 Å². The van der Waals surface area contributed by atoms with Crippen LogP contribution in [0.4, 0.5) is 8.78 Å². The maximum atomic E-state index is 13.3. The van der Waals surface area contributed by atoms with Crippen LogP contribution in [0.25, 0.3) is 0 Å². The Kier molecular flexibility index (Phi) is 7.69. The van der Waals surface area contributed by atoms with E-state index in [4.69, 9.17) is 11.6 Å². The lowest BCUT2D eigenvalue weighted by molar-refractivity contribution is 0.0844. The van der Waals surface area contributed by atoms with Crippen LogP contribution in [0.1, 0.15) is 50.2 Å². The van der Waals surface area contributed by atoms with E-state index < -0.39 is 33.5 Å². The van der Waals surface area contributed by atoms with Gasteiger partial charge in [0.05, 0.1) is 9.90 Å². The number of halogens is 3. The molecule has 0 saturated carbocycles. The predicted molar refractivity (Wildman–Crippen MR) is 130 cm³/mol. The molecule has 1 fully saturated rings. The van der Waals surface area contributed by atoms with Gasteiger partial charge in [0, 0.05) is 41.0 Å². The van der Waals surface area contributed by atoms with Gasteiger partial charge in [0.15, 0.2) is 0 Å². The summed E-state index contributed by atoms with van der Waals surface area (Å²) in [5.41, 5.74) is 4.83. The first-order valence-electron chi connectivity index (χ1n) is 10.8. The summed E-state index contributed by atoms with van der Waals surface area (Å²) in [5, 5.41) is 2.59. The molecule has 0 atom stereocenters. The van der Waals surface area contributed by atoms with Crippen LogP contribution in [0.5, 0.6) is 0 Å². The second-order valence-corrected chi connectivity index (χ2v) is 11.5. The fraction of sp³-hybridized carbons (Fsp3) is 0.261. The monoisotopic (exact) mass is 554 g/mol. The number of hydrogen-bond acceptors (Lipinski definition) is 6. The van der Waals surface area contributed by atoms with Crippen molar-refractivity contribution in [2.45, 2.75) is 30.6 Å². The SMILES string of the molecule is Cc1ccc(S(=O)(=O)N2CCC(c3nc(C(=O)NNC(=O)c4cc(F)cc(F)c4)cs3)CC2)cc1Cl. The highest BCUT2D eigenvalue weighted by Crippen LogP contribution is 2.33. The molecule has 2 N–H and O–H groups in total. The highest BCUT2D eigenvalue weighted by molar-refractivity contribution is 7.89. The zero-order valence-corrected chi connectivity index (χ0v) is 21.3. The number of aryl methyl sites for hydroxylation is 1. The molecule has 36 heavy (non-hydrogen) atoms. The van der Waals surface area contributed by atoms with Crippen molar-refractivity contribution in [3.8, 4) is 0 Å². The third-order valence-corrected chi connectivity index (χ3v) is 9.06. The van der Waals surface area contributed by atoms with E-state index in [0.717, 1.165) is 17.7 Å². The molecule has 1 saturated heterocycles. The van der Waals surface area contributed by atoms with Crippen molar-refractivity contribution in [1.82, 2.24) is 20.1 Å². The van der Waals surface area contributed by atoms with Gasteiger partial charge in [-0.2, -0.15) is 4.31 Å². The van der Waals surface area contributed by atoms with Crippen molar-refractivity contribution in [1.29, 1.82) is 0 Å². The van der Waals surface area contributed by atoms with E-state index in [1.165, 1.54) is 33.2 Å². The molecule has 2 aromatic carbocycles. The molecule has 0 spiro atoms. The number of amides is 2. The molecule has 1 aromatic heterocycles. The van der Waals surface area contributed by atoms with Gasteiger partial charge in [-0.15, -0.1) is 11.3 Å². The van der Waals surface area contributed by atoms with Crippen LogP contribution in [0.3, 0.4) is 0 Å². The second-order valence-electron chi connectivity index (χ2n) is 8.23. The van der Waals surface area contributed by atoms with Gasteiger partial charge in [-0.25, -0.2) is 22.2 Å². The smallest absolute Gasteiger partial charge is 0.267 e. The van der Waals surface area contributed by atoms with E-state index in [-0.39, 0.29) is 22.1 Å². The third kappa shape index (κ3) is 5.72. The molecule has 0 unspecified atom stereocenters. The van der Waals surface area contributed by atoms with Crippen LogP contribution < -0.4 is 10.9 Å². The molecule has 2 amide bonds. The molecular weight excluding hydrogens is 534 g/mol. The van der Waals surface area contributed by atoms with E-state index in [1.54, 1.807) is 13.0 Å². The largest absolute Gasteiger partial charge is 0.289 e. The summed E-state index contributed by atoms with van der Waals surface area (Å²) in [7, 11) is -3.68. The van der Waals surface area contributed by atoms with Gasteiger partial charge < -0.3 is 0 Å². The molecule has 190 valence electrons. The minimum Gasteiger partial charge on any atom is -0.267 e. The highest BCUT2D eigenvalue weighted by atomic mass is 35.5. The maximum absolute atomic E-state index is 13.3. The Labute approximate surface area is 215 Å². The fourth-order valence-electron chi connectivity index (χ4n) is 3.74. The zero-order valence-electron chi connectivity index (χ0n) is 18.9. The fourth-order valence-corrected chi connectivity index (χ4v) is 6.45. The minimum atomic E-state index is -3.68. The normalized spacial score (nSPS) is 15.0. The molecule has 0 aliphatic carbocycles. The van der Waals surface area contributed by atoms with Crippen LogP contribution in [0, 0.1) is 18.6 Å². The molecule has 1 aliphatic heterocycles. The topological polar surface area (TPSA) is 108 Å². The average molecular weight is 555 g/mol. The quantitative estimate of drug-likeness (QED) is 0.463. The zero-order chi connectivity index (χ0) is 26.0. The van der Waals surface area contributed by atoms with E-state index in [2.05, 4.69) is 15.8 Å². The standard InChI is InChI=1S/C23H21ClF2N4O4S2/c1-13-2-3-18(11-19(13)24)36(33,34)30-6-4-14(5-7-30)23-27-20(12-35-23)22(32)29-28-21(31)15-8-16(25)10-17(26)9-15/h2-3,8-12,14H,4-7H2,1H3,(H,28,31)(H,29,32). The average Bonchev–Trinajstić information content (AvgIpc) is 3.34. The number of benzene rings is 2.